The van der Waals surface area contributed by atoms with Gasteiger partial charge in [-0.05, 0) is 48.9 Å². The number of aromatic nitrogens is 3. The summed E-state index contributed by atoms with van der Waals surface area (Å²) in [5.41, 5.74) is 1.86. The third kappa shape index (κ3) is 3.68. The lowest BCUT2D eigenvalue weighted by molar-refractivity contribution is 0.627. The normalized spacial score (nSPS) is 11.0. The van der Waals surface area contributed by atoms with Gasteiger partial charge in [-0.2, -0.15) is 0 Å². The quantitative estimate of drug-likeness (QED) is 0.585. The molecule has 0 amide bonds. The van der Waals surface area contributed by atoms with E-state index in [9.17, 15) is 4.39 Å². The summed E-state index contributed by atoms with van der Waals surface area (Å²) in [6.45, 7) is 1.86. The molecule has 0 unspecified atom stereocenters. The fraction of sp³-hybridized carbons (Fsp3) is 0.125. The minimum absolute atomic E-state index is 0.274. The van der Waals surface area contributed by atoms with Gasteiger partial charge in [-0.1, -0.05) is 41.0 Å². The summed E-state index contributed by atoms with van der Waals surface area (Å²) in [5, 5.41) is 10.1. The standard InChI is InChI=1S/C16H12Cl2FN3S/c1-10-20-21-16(22(10)13-5-3-12(19)4-6-13)23-9-11-2-7-14(17)15(18)8-11/h2-8H,9H2,1H3. The molecule has 0 aliphatic rings. The highest BCUT2D eigenvalue weighted by atomic mass is 35.5. The second-order valence-corrected chi connectivity index (χ2v) is 6.64. The van der Waals surface area contributed by atoms with Crippen molar-refractivity contribution in [3.8, 4) is 5.69 Å². The lowest BCUT2D eigenvalue weighted by Gasteiger charge is -2.08. The van der Waals surface area contributed by atoms with E-state index in [2.05, 4.69) is 10.2 Å². The van der Waals surface area contributed by atoms with Crippen LogP contribution in [0.2, 0.25) is 10.0 Å². The Labute approximate surface area is 147 Å². The fourth-order valence-corrected chi connectivity index (χ4v) is 3.36. The SMILES string of the molecule is Cc1nnc(SCc2ccc(Cl)c(Cl)c2)n1-c1ccc(F)cc1. The van der Waals surface area contributed by atoms with E-state index in [4.69, 9.17) is 23.2 Å². The zero-order chi connectivity index (χ0) is 16.4. The van der Waals surface area contributed by atoms with Crippen molar-refractivity contribution in [3.05, 3.63) is 69.7 Å². The monoisotopic (exact) mass is 367 g/mol. The second-order valence-electron chi connectivity index (χ2n) is 4.88. The number of benzene rings is 2. The predicted molar refractivity (Wildman–Crippen MR) is 92.1 cm³/mol. The second kappa shape index (κ2) is 6.91. The summed E-state index contributed by atoms with van der Waals surface area (Å²) in [6.07, 6.45) is 0. The average molecular weight is 368 g/mol. The Morgan fingerprint density at radius 3 is 2.48 bits per heavy atom. The maximum atomic E-state index is 13.1. The molecule has 3 nitrogen and oxygen atoms in total. The van der Waals surface area contributed by atoms with Crippen molar-refractivity contribution in [2.75, 3.05) is 0 Å². The van der Waals surface area contributed by atoms with Crippen LogP contribution < -0.4 is 0 Å². The van der Waals surface area contributed by atoms with Gasteiger partial charge in [0.1, 0.15) is 11.6 Å². The van der Waals surface area contributed by atoms with Crippen LogP contribution in [0.1, 0.15) is 11.4 Å². The van der Waals surface area contributed by atoms with E-state index in [-0.39, 0.29) is 5.82 Å². The summed E-state index contributed by atoms with van der Waals surface area (Å²) in [5.74, 6) is 1.15. The van der Waals surface area contributed by atoms with Gasteiger partial charge in [0, 0.05) is 11.4 Å². The third-order valence-electron chi connectivity index (χ3n) is 3.23. The molecule has 0 saturated carbocycles. The van der Waals surface area contributed by atoms with E-state index < -0.39 is 0 Å². The van der Waals surface area contributed by atoms with Crippen LogP contribution in [0.5, 0.6) is 0 Å². The van der Waals surface area contributed by atoms with Crippen LogP contribution in [0.3, 0.4) is 0 Å². The first-order valence-corrected chi connectivity index (χ1v) is 8.53. The molecular formula is C16H12Cl2FN3S. The largest absolute Gasteiger partial charge is 0.274 e. The Kier molecular flexibility index (Phi) is 4.90. The van der Waals surface area contributed by atoms with Crippen molar-refractivity contribution in [1.29, 1.82) is 0 Å². The molecule has 0 saturated heterocycles. The molecule has 0 spiro atoms. The summed E-state index contributed by atoms with van der Waals surface area (Å²) in [7, 11) is 0. The molecule has 23 heavy (non-hydrogen) atoms. The van der Waals surface area contributed by atoms with E-state index in [1.165, 1.54) is 23.9 Å². The van der Waals surface area contributed by atoms with Gasteiger partial charge in [0.2, 0.25) is 0 Å². The number of hydrogen-bond donors (Lipinski definition) is 0. The van der Waals surface area contributed by atoms with E-state index >= 15 is 0 Å². The molecular weight excluding hydrogens is 356 g/mol. The van der Waals surface area contributed by atoms with Crippen LogP contribution >= 0.6 is 35.0 Å². The highest BCUT2D eigenvalue weighted by Gasteiger charge is 2.12. The number of rotatable bonds is 4. The van der Waals surface area contributed by atoms with Crippen molar-refractivity contribution in [2.45, 2.75) is 17.8 Å². The lowest BCUT2D eigenvalue weighted by Crippen LogP contribution is -1.99. The molecule has 3 rings (SSSR count). The van der Waals surface area contributed by atoms with Gasteiger partial charge in [-0.25, -0.2) is 4.39 Å². The third-order valence-corrected chi connectivity index (χ3v) is 4.97. The van der Waals surface area contributed by atoms with Gasteiger partial charge >= 0.3 is 0 Å². The van der Waals surface area contributed by atoms with Gasteiger partial charge in [-0.15, -0.1) is 10.2 Å². The molecule has 2 aromatic carbocycles. The average Bonchev–Trinajstić information content (AvgIpc) is 2.90. The van der Waals surface area contributed by atoms with Crippen LogP contribution in [0.4, 0.5) is 4.39 Å². The minimum atomic E-state index is -0.274. The van der Waals surface area contributed by atoms with Gasteiger partial charge in [0.05, 0.1) is 10.0 Å². The Morgan fingerprint density at radius 1 is 1.04 bits per heavy atom. The molecule has 0 aliphatic carbocycles. The first-order valence-electron chi connectivity index (χ1n) is 6.79. The molecule has 0 aliphatic heterocycles. The number of aryl methyl sites for hydroxylation is 1. The van der Waals surface area contributed by atoms with E-state index in [1.807, 2.05) is 23.6 Å². The number of hydrogen-bond acceptors (Lipinski definition) is 3. The lowest BCUT2D eigenvalue weighted by atomic mass is 10.2. The van der Waals surface area contributed by atoms with Crippen LogP contribution in [0, 0.1) is 12.7 Å². The van der Waals surface area contributed by atoms with Crippen LogP contribution in [-0.4, -0.2) is 14.8 Å². The molecule has 0 bridgehead atoms. The predicted octanol–water partition coefficient (Wildman–Crippen LogP) is 5.31. The molecule has 0 radical (unpaired) electrons. The maximum absolute atomic E-state index is 13.1. The minimum Gasteiger partial charge on any atom is -0.274 e. The van der Waals surface area contributed by atoms with Crippen molar-refractivity contribution in [1.82, 2.24) is 14.8 Å². The van der Waals surface area contributed by atoms with Crippen molar-refractivity contribution in [2.24, 2.45) is 0 Å². The Hall–Kier alpha value is -1.56. The highest BCUT2D eigenvalue weighted by molar-refractivity contribution is 7.98. The molecule has 0 atom stereocenters. The van der Waals surface area contributed by atoms with Gasteiger partial charge < -0.3 is 0 Å². The first-order chi connectivity index (χ1) is 11.0. The van der Waals surface area contributed by atoms with E-state index in [0.29, 0.717) is 15.8 Å². The highest BCUT2D eigenvalue weighted by Crippen LogP contribution is 2.28. The van der Waals surface area contributed by atoms with Gasteiger partial charge in [0.25, 0.3) is 0 Å². The van der Waals surface area contributed by atoms with Crippen LogP contribution in [0.25, 0.3) is 5.69 Å². The van der Waals surface area contributed by atoms with Gasteiger partial charge in [-0.3, -0.25) is 4.57 Å². The van der Waals surface area contributed by atoms with E-state index in [1.54, 1.807) is 18.2 Å². The molecule has 0 fully saturated rings. The number of thioether (sulfide) groups is 1. The van der Waals surface area contributed by atoms with Crippen molar-refractivity contribution in [3.63, 3.8) is 0 Å². The Balaban J connectivity index is 1.83. The van der Waals surface area contributed by atoms with Crippen LogP contribution in [-0.2, 0) is 5.75 Å². The van der Waals surface area contributed by atoms with E-state index in [0.717, 1.165) is 22.2 Å². The van der Waals surface area contributed by atoms with Crippen LogP contribution in [0.15, 0.2) is 47.6 Å². The van der Waals surface area contributed by atoms with Gasteiger partial charge in [0.15, 0.2) is 5.16 Å². The molecule has 118 valence electrons. The molecule has 3 aromatic rings. The first kappa shape index (κ1) is 16.3. The molecule has 1 heterocycles. The summed E-state index contributed by atoms with van der Waals surface area (Å²) < 4.78 is 15.0. The van der Waals surface area contributed by atoms with Crippen molar-refractivity contribution < 1.29 is 4.39 Å². The topological polar surface area (TPSA) is 30.7 Å². The number of halogens is 3. The molecule has 0 N–H and O–H groups in total. The summed E-state index contributed by atoms with van der Waals surface area (Å²) in [4.78, 5) is 0. The smallest absolute Gasteiger partial charge is 0.196 e. The molecule has 7 heteroatoms. The Bertz CT molecular complexity index is 834. The summed E-state index contributed by atoms with van der Waals surface area (Å²) in [6, 6.07) is 11.8. The zero-order valence-corrected chi connectivity index (χ0v) is 14.5. The Morgan fingerprint density at radius 2 is 1.78 bits per heavy atom. The van der Waals surface area contributed by atoms with Crippen molar-refractivity contribution >= 4 is 35.0 Å². The fourth-order valence-electron chi connectivity index (χ4n) is 2.10. The molecule has 1 aromatic heterocycles. The number of nitrogens with zero attached hydrogens (tertiary/aromatic N) is 3. The maximum Gasteiger partial charge on any atom is 0.196 e. The zero-order valence-electron chi connectivity index (χ0n) is 12.1. The summed E-state index contributed by atoms with van der Waals surface area (Å²) >= 11 is 13.5.